The predicted octanol–water partition coefficient (Wildman–Crippen LogP) is 2.54. The second-order valence-electron chi connectivity index (χ2n) is 6.97. The van der Waals surface area contributed by atoms with Crippen LogP contribution in [-0.2, 0) is 13.1 Å². The van der Waals surface area contributed by atoms with Crippen LogP contribution in [0.2, 0.25) is 0 Å². The molecule has 3 rings (SSSR count). The molecule has 1 aromatic carbocycles. The number of guanidine groups is 1. The average Bonchev–Trinajstić information content (AvgIpc) is 3.15. The van der Waals surface area contributed by atoms with Crippen molar-refractivity contribution in [2.24, 2.45) is 4.99 Å². The number of aromatic nitrogens is 3. The van der Waals surface area contributed by atoms with Gasteiger partial charge in [-0.15, -0.1) is 34.2 Å². The minimum absolute atomic E-state index is 0. The smallest absolute Gasteiger partial charge is 0.191 e. The Balaban J connectivity index is 0.00000320. The van der Waals surface area contributed by atoms with Crippen molar-refractivity contribution in [1.82, 2.24) is 30.1 Å². The minimum atomic E-state index is 0. The molecule has 0 aliphatic rings. The molecule has 0 saturated heterocycles. The van der Waals surface area contributed by atoms with Crippen molar-refractivity contribution in [3.05, 3.63) is 60.0 Å². The quantitative estimate of drug-likeness (QED) is 0.194. The fraction of sp³-hybridized carbons (Fsp3) is 0.381. The van der Waals surface area contributed by atoms with Crippen LogP contribution in [0, 0.1) is 0 Å². The zero-order valence-corrected chi connectivity index (χ0v) is 20.0. The Bertz CT molecular complexity index is 925. The van der Waals surface area contributed by atoms with E-state index in [9.17, 15) is 0 Å². The summed E-state index contributed by atoms with van der Waals surface area (Å²) in [5, 5.41) is 15.0. The molecule has 8 nitrogen and oxygen atoms in total. The summed E-state index contributed by atoms with van der Waals surface area (Å²) in [6, 6.07) is 14.0. The van der Waals surface area contributed by atoms with E-state index in [1.165, 1.54) is 0 Å². The van der Waals surface area contributed by atoms with E-state index in [1.54, 1.807) is 7.05 Å². The number of benzene rings is 1. The maximum atomic E-state index is 5.77. The molecule has 0 spiro atoms. The van der Waals surface area contributed by atoms with Crippen molar-refractivity contribution in [3.8, 4) is 5.75 Å². The first-order valence-electron chi connectivity index (χ1n) is 9.75. The predicted molar refractivity (Wildman–Crippen MR) is 131 cm³/mol. The van der Waals surface area contributed by atoms with E-state index in [1.807, 2.05) is 40.9 Å². The molecule has 30 heavy (non-hydrogen) atoms. The molecule has 3 aromatic rings. The molecule has 0 atom stereocenters. The Hall–Kier alpha value is -2.40. The number of rotatable bonds is 9. The van der Waals surface area contributed by atoms with E-state index in [0.29, 0.717) is 19.0 Å². The van der Waals surface area contributed by atoms with Gasteiger partial charge in [-0.25, -0.2) is 0 Å². The van der Waals surface area contributed by atoms with E-state index < -0.39 is 0 Å². The van der Waals surface area contributed by atoms with Crippen molar-refractivity contribution >= 4 is 35.6 Å². The Morgan fingerprint density at radius 2 is 1.83 bits per heavy atom. The van der Waals surface area contributed by atoms with Gasteiger partial charge in [-0.3, -0.25) is 9.39 Å². The van der Waals surface area contributed by atoms with E-state index in [0.717, 1.165) is 42.4 Å². The van der Waals surface area contributed by atoms with Gasteiger partial charge < -0.3 is 20.3 Å². The van der Waals surface area contributed by atoms with E-state index in [-0.39, 0.29) is 24.0 Å². The second kappa shape index (κ2) is 12.3. The normalized spacial score (nSPS) is 11.4. The zero-order chi connectivity index (χ0) is 20.5. The van der Waals surface area contributed by atoms with E-state index in [4.69, 9.17) is 4.74 Å². The summed E-state index contributed by atoms with van der Waals surface area (Å²) < 4.78 is 7.73. The number of aliphatic imine (C=N–C) groups is 1. The number of hydrogen-bond acceptors (Lipinski definition) is 5. The van der Waals surface area contributed by atoms with Crippen LogP contribution in [0.15, 0.2) is 53.7 Å². The fourth-order valence-corrected chi connectivity index (χ4v) is 2.85. The molecule has 0 bridgehead atoms. The van der Waals surface area contributed by atoms with Crippen LogP contribution < -0.4 is 15.4 Å². The van der Waals surface area contributed by atoms with Gasteiger partial charge in [0.25, 0.3) is 0 Å². The highest BCUT2D eigenvalue weighted by Crippen LogP contribution is 2.12. The van der Waals surface area contributed by atoms with Gasteiger partial charge >= 0.3 is 0 Å². The second-order valence-corrected chi connectivity index (χ2v) is 6.97. The van der Waals surface area contributed by atoms with Crippen LogP contribution in [0.25, 0.3) is 5.65 Å². The maximum absolute atomic E-state index is 5.77. The summed E-state index contributed by atoms with van der Waals surface area (Å²) in [7, 11) is 5.89. The van der Waals surface area contributed by atoms with Crippen LogP contribution >= 0.6 is 24.0 Å². The first-order chi connectivity index (χ1) is 14.2. The topological polar surface area (TPSA) is 79.1 Å². The third kappa shape index (κ3) is 7.13. The molecule has 0 amide bonds. The van der Waals surface area contributed by atoms with Gasteiger partial charge in [0.05, 0.1) is 13.2 Å². The molecule has 2 heterocycles. The summed E-state index contributed by atoms with van der Waals surface area (Å²) in [5.41, 5.74) is 1.98. The first kappa shape index (κ1) is 23.9. The van der Waals surface area contributed by atoms with Crippen LogP contribution in [0.4, 0.5) is 0 Å². The summed E-state index contributed by atoms with van der Waals surface area (Å²) in [5.74, 6) is 2.44. The molecule has 0 fully saturated rings. The number of halogens is 1. The lowest BCUT2D eigenvalue weighted by atomic mass is 10.2. The lowest BCUT2D eigenvalue weighted by molar-refractivity contribution is 0.281. The molecule has 9 heteroatoms. The summed E-state index contributed by atoms with van der Waals surface area (Å²) >= 11 is 0. The molecule has 2 aromatic heterocycles. The highest BCUT2D eigenvalue weighted by molar-refractivity contribution is 14.0. The number of nitrogens with zero attached hydrogens (tertiary/aromatic N) is 5. The number of fused-ring (bicyclic) bond motifs is 1. The Kier molecular flexibility index (Phi) is 9.81. The molecule has 0 aliphatic carbocycles. The average molecular weight is 523 g/mol. The largest absolute Gasteiger partial charge is 0.494 e. The molecule has 0 saturated carbocycles. The molecule has 0 aliphatic heterocycles. The standard InChI is InChI=1S/C21H29N7O.HI/c1-22-21(24-16-20-26-25-19-7-4-5-13-28(19)20)23-15-17-8-10-18(11-9-17)29-14-6-12-27(2)3;/h4-5,7-11,13H,6,12,14-16H2,1-3H3,(H2,22,23,24);1H. The molecular formula is C21H30IN7O. The highest BCUT2D eigenvalue weighted by atomic mass is 127. The van der Waals surface area contributed by atoms with Crippen molar-refractivity contribution in [1.29, 1.82) is 0 Å². The van der Waals surface area contributed by atoms with Crippen molar-refractivity contribution in [3.63, 3.8) is 0 Å². The van der Waals surface area contributed by atoms with Gasteiger partial charge in [0, 0.05) is 26.3 Å². The molecule has 0 radical (unpaired) electrons. The molecular weight excluding hydrogens is 493 g/mol. The number of nitrogens with one attached hydrogen (secondary N) is 2. The Labute approximate surface area is 194 Å². The monoisotopic (exact) mass is 523 g/mol. The third-order valence-corrected chi connectivity index (χ3v) is 4.42. The third-order valence-electron chi connectivity index (χ3n) is 4.42. The van der Waals surface area contributed by atoms with Crippen LogP contribution in [0.1, 0.15) is 17.8 Å². The van der Waals surface area contributed by atoms with Gasteiger partial charge in [-0.05, 0) is 50.3 Å². The van der Waals surface area contributed by atoms with Crippen molar-refractivity contribution < 1.29 is 4.74 Å². The zero-order valence-electron chi connectivity index (χ0n) is 17.7. The maximum Gasteiger partial charge on any atom is 0.191 e. The van der Waals surface area contributed by atoms with Gasteiger partial charge in [0.15, 0.2) is 17.4 Å². The summed E-state index contributed by atoms with van der Waals surface area (Å²) in [6.45, 7) is 2.95. The molecule has 0 unspecified atom stereocenters. The molecule has 2 N–H and O–H groups in total. The lowest BCUT2D eigenvalue weighted by Crippen LogP contribution is -2.36. The van der Waals surface area contributed by atoms with Gasteiger partial charge in [-0.1, -0.05) is 18.2 Å². The summed E-state index contributed by atoms with van der Waals surface area (Å²) in [4.78, 5) is 6.43. The van der Waals surface area contributed by atoms with E-state index >= 15 is 0 Å². The lowest BCUT2D eigenvalue weighted by Gasteiger charge is -2.12. The fourth-order valence-electron chi connectivity index (χ4n) is 2.85. The number of hydrogen-bond donors (Lipinski definition) is 2. The van der Waals surface area contributed by atoms with Crippen LogP contribution in [0.5, 0.6) is 5.75 Å². The Morgan fingerprint density at radius 3 is 2.57 bits per heavy atom. The highest BCUT2D eigenvalue weighted by Gasteiger charge is 2.06. The molecule has 162 valence electrons. The van der Waals surface area contributed by atoms with Gasteiger partial charge in [0.2, 0.25) is 0 Å². The van der Waals surface area contributed by atoms with Crippen LogP contribution in [0.3, 0.4) is 0 Å². The SMILES string of the molecule is CN=C(NCc1ccc(OCCCN(C)C)cc1)NCc1nnc2ccccn12.I. The van der Waals surface area contributed by atoms with Gasteiger partial charge in [0.1, 0.15) is 5.75 Å². The van der Waals surface area contributed by atoms with Crippen molar-refractivity contribution in [2.45, 2.75) is 19.5 Å². The van der Waals surface area contributed by atoms with Gasteiger partial charge in [-0.2, -0.15) is 0 Å². The summed E-state index contributed by atoms with van der Waals surface area (Å²) in [6.07, 6.45) is 2.96. The number of pyridine rings is 1. The van der Waals surface area contributed by atoms with Crippen LogP contribution in [-0.4, -0.2) is 59.8 Å². The number of ether oxygens (including phenoxy) is 1. The first-order valence-corrected chi connectivity index (χ1v) is 9.75. The van der Waals surface area contributed by atoms with E-state index in [2.05, 4.69) is 57.0 Å². The minimum Gasteiger partial charge on any atom is -0.494 e. The Morgan fingerprint density at radius 1 is 1.07 bits per heavy atom. The van der Waals surface area contributed by atoms with Crippen molar-refractivity contribution in [2.75, 3.05) is 34.3 Å².